The number of aliphatic hydroxyl groups excluding tert-OH is 1. The van der Waals surface area contributed by atoms with Gasteiger partial charge in [-0.05, 0) is 65.3 Å². The second-order valence-electron chi connectivity index (χ2n) is 16.5. The Morgan fingerprint density at radius 3 is 1.45 bits per heavy atom. The number of hydrogen-bond donors (Lipinski definition) is 1. The number of nitrogens with zero attached hydrogens (tertiary/aromatic N) is 9. The van der Waals surface area contributed by atoms with Crippen molar-refractivity contribution in [2.75, 3.05) is 0 Å². The number of fused-ring (bicyclic) bond motifs is 3. The lowest BCUT2D eigenvalue weighted by molar-refractivity contribution is -0.0792. The molecule has 1 aliphatic carbocycles. The van der Waals surface area contributed by atoms with Crippen LogP contribution in [0.5, 0.6) is 0 Å². The van der Waals surface area contributed by atoms with Crippen molar-refractivity contribution in [1.82, 2.24) is 45.0 Å². The van der Waals surface area contributed by atoms with Crippen LogP contribution < -0.4 is 0 Å². The molecule has 0 aliphatic heterocycles. The third-order valence-electron chi connectivity index (χ3n) is 11.2. The largest absolute Gasteiger partial charge is 0.384 e. The molecule has 1 aliphatic rings. The standard InChI is InChI=1S/C41H45N9O/c1-37(2,3)26-38(4,5)40(49-44-31-21-13-14-22-32(31)45-49)25-35(48-42-29-19-11-12-20-30(29)43-48)36(51)41(27-40,39(6,7)28-17-9-8-10-18-28)50-46-33-23-15-16-24-34(33)47-50/h8-25,36,51H,26-27H2,1-7H3. The highest BCUT2D eigenvalue weighted by Gasteiger charge is 2.66. The van der Waals surface area contributed by atoms with Crippen molar-refractivity contribution in [2.24, 2.45) is 10.8 Å². The van der Waals surface area contributed by atoms with E-state index in [1.165, 1.54) is 0 Å². The van der Waals surface area contributed by atoms with Crippen molar-refractivity contribution in [3.8, 4) is 0 Å². The van der Waals surface area contributed by atoms with Gasteiger partial charge in [0.2, 0.25) is 0 Å². The summed E-state index contributed by atoms with van der Waals surface area (Å²) in [5.41, 5.74) is 2.60. The summed E-state index contributed by atoms with van der Waals surface area (Å²) in [5.74, 6) is 0. The van der Waals surface area contributed by atoms with E-state index >= 15 is 0 Å². The van der Waals surface area contributed by atoms with Gasteiger partial charge in [-0.3, -0.25) is 0 Å². The van der Waals surface area contributed by atoms with Gasteiger partial charge in [0.25, 0.3) is 0 Å². The zero-order valence-electron chi connectivity index (χ0n) is 30.4. The fraction of sp³-hybridized carbons (Fsp3) is 0.366. The van der Waals surface area contributed by atoms with Crippen LogP contribution in [0.1, 0.15) is 66.9 Å². The molecular formula is C41H45N9O. The van der Waals surface area contributed by atoms with Gasteiger partial charge < -0.3 is 5.11 Å². The van der Waals surface area contributed by atoms with Crippen molar-refractivity contribution in [3.05, 3.63) is 115 Å². The summed E-state index contributed by atoms with van der Waals surface area (Å²) >= 11 is 0. The second kappa shape index (κ2) is 11.4. The fourth-order valence-electron chi connectivity index (χ4n) is 8.76. The molecule has 260 valence electrons. The Bertz CT molecular complexity index is 2310. The highest BCUT2D eigenvalue weighted by molar-refractivity contribution is 5.76. The minimum absolute atomic E-state index is 0.0675. The highest BCUT2D eigenvalue weighted by Crippen LogP contribution is 2.60. The van der Waals surface area contributed by atoms with Gasteiger partial charge in [-0.1, -0.05) is 115 Å². The van der Waals surface area contributed by atoms with Crippen LogP contribution in [-0.2, 0) is 16.5 Å². The van der Waals surface area contributed by atoms with Gasteiger partial charge >= 0.3 is 0 Å². The van der Waals surface area contributed by atoms with Crippen molar-refractivity contribution in [3.63, 3.8) is 0 Å². The smallest absolute Gasteiger partial charge is 0.126 e. The van der Waals surface area contributed by atoms with Crippen LogP contribution in [0.2, 0.25) is 0 Å². The molecule has 10 nitrogen and oxygen atoms in total. The molecule has 0 saturated carbocycles. The molecule has 7 aromatic rings. The number of rotatable bonds is 7. The fourth-order valence-corrected chi connectivity index (χ4v) is 8.76. The molecule has 0 amide bonds. The van der Waals surface area contributed by atoms with E-state index in [1.54, 1.807) is 9.59 Å². The van der Waals surface area contributed by atoms with Crippen molar-refractivity contribution < 1.29 is 5.11 Å². The maximum Gasteiger partial charge on any atom is 0.126 e. The van der Waals surface area contributed by atoms with E-state index in [2.05, 4.69) is 66.7 Å². The summed E-state index contributed by atoms with van der Waals surface area (Å²) in [6.07, 6.45) is 2.14. The number of aromatic nitrogens is 9. The van der Waals surface area contributed by atoms with E-state index in [-0.39, 0.29) is 5.41 Å². The summed E-state index contributed by atoms with van der Waals surface area (Å²) in [4.78, 5) is 5.30. The molecule has 51 heavy (non-hydrogen) atoms. The molecule has 0 bridgehead atoms. The molecular weight excluding hydrogens is 635 g/mol. The Labute approximate surface area is 297 Å². The second-order valence-corrected chi connectivity index (χ2v) is 16.5. The topological polar surface area (TPSA) is 112 Å². The maximum atomic E-state index is 13.3. The Balaban J connectivity index is 1.53. The number of benzene rings is 4. The normalized spacial score (nSPS) is 21.8. The molecule has 3 atom stereocenters. The van der Waals surface area contributed by atoms with Crippen molar-refractivity contribution in [1.29, 1.82) is 0 Å². The van der Waals surface area contributed by atoms with Gasteiger partial charge in [-0.25, -0.2) is 0 Å². The van der Waals surface area contributed by atoms with Crippen LogP contribution in [0, 0.1) is 10.8 Å². The first-order valence-electron chi connectivity index (χ1n) is 17.7. The van der Waals surface area contributed by atoms with E-state index in [1.807, 2.05) is 95.8 Å². The Kier molecular flexibility index (Phi) is 7.36. The van der Waals surface area contributed by atoms with E-state index in [0.29, 0.717) is 12.1 Å². The maximum absolute atomic E-state index is 13.3. The van der Waals surface area contributed by atoms with Crippen LogP contribution in [0.25, 0.3) is 38.8 Å². The predicted molar refractivity (Wildman–Crippen MR) is 201 cm³/mol. The predicted octanol–water partition coefficient (Wildman–Crippen LogP) is 7.76. The van der Waals surface area contributed by atoms with E-state index in [0.717, 1.165) is 45.1 Å². The Morgan fingerprint density at radius 1 is 0.588 bits per heavy atom. The third kappa shape index (κ3) is 5.10. The molecule has 0 spiro atoms. The zero-order chi connectivity index (χ0) is 35.8. The van der Waals surface area contributed by atoms with Gasteiger partial charge in [-0.2, -0.15) is 34.8 Å². The molecule has 10 heteroatoms. The summed E-state index contributed by atoms with van der Waals surface area (Å²) in [6.45, 7) is 15.7. The summed E-state index contributed by atoms with van der Waals surface area (Å²) in [5, 5.41) is 44.2. The van der Waals surface area contributed by atoms with Gasteiger partial charge in [-0.15, -0.1) is 10.2 Å². The van der Waals surface area contributed by atoms with Crippen LogP contribution in [-0.4, -0.2) is 56.2 Å². The molecule has 8 rings (SSSR count). The summed E-state index contributed by atoms with van der Waals surface area (Å²) in [7, 11) is 0. The molecule has 3 unspecified atom stereocenters. The van der Waals surface area contributed by atoms with E-state index < -0.39 is 28.0 Å². The van der Waals surface area contributed by atoms with Crippen LogP contribution in [0.4, 0.5) is 0 Å². The average Bonchev–Trinajstić information content (AvgIpc) is 3.84. The first-order chi connectivity index (χ1) is 24.2. The average molecular weight is 680 g/mol. The van der Waals surface area contributed by atoms with E-state index in [4.69, 9.17) is 30.6 Å². The van der Waals surface area contributed by atoms with E-state index in [9.17, 15) is 5.11 Å². The summed E-state index contributed by atoms with van der Waals surface area (Å²) in [6, 6.07) is 34.0. The van der Waals surface area contributed by atoms with Gasteiger partial charge in [0.1, 0.15) is 50.3 Å². The van der Waals surface area contributed by atoms with Gasteiger partial charge in [0.05, 0.1) is 5.70 Å². The Morgan fingerprint density at radius 2 is 1.00 bits per heavy atom. The summed E-state index contributed by atoms with van der Waals surface area (Å²) < 4.78 is 0. The SMILES string of the molecule is CC(C)(C)CC(C)(C)C1(n2nc3ccccc3n2)C=C(n2nc3ccccc3n2)C(O)C(n2nc3ccccc3n2)(C(C)(C)c2ccccc2)C1. The lowest BCUT2D eigenvalue weighted by Crippen LogP contribution is -2.67. The first-order valence-corrected chi connectivity index (χ1v) is 17.7. The molecule has 0 radical (unpaired) electrons. The Hall–Kier alpha value is -5.22. The number of allylic oxidation sites excluding steroid dienone is 1. The lowest BCUT2D eigenvalue weighted by atomic mass is 9.52. The van der Waals surface area contributed by atoms with Crippen LogP contribution in [0.15, 0.2) is 109 Å². The minimum atomic E-state index is -1.22. The lowest BCUT2D eigenvalue weighted by Gasteiger charge is -2.58. The van der Waals surface area contributed by atoms with Crippen LogP contribution in [0.3, 0.4) is 0 Å². The monoisotopic (exact) mass is 679 g/mol. The molecule has 1 N–H and O–H groups in total. The quantitative estimate of drug-likeness (QED) is 0.183. The minimum Gasteiger partial charge on any atom is -0.384 e. The molecule has 3 heterocycles. The van der Waals surface area contributed by atoms with Crippen LogP contribution >= 0.6 is 0 Å². The molecule has 3 aromatic heterocycles. The zero-order valence-corrected chi connectivity index (χ0v) is 30.4. The highest BCUT2D eigenvalue weighted by atomic mass is 16.3. The van der Waals surface area contributed by atoms with Gasteiger partial charge in [0.15, 0.2) is 0 Å². The number of aliphatic hydroxyl groups is 1. The number of hydrogen-bond acceptors (Lipinski definition) is 7. The molecule has 4 aromatic carbocycles. The molecule has 0 fully saturated rings. The molecule has 0 saturated heterocycles. The van der Waals surface area contributed by atoms with Crippen molar-refractivity contribution in [2.45, 2.75) is 83.9 Å². The first kappa shape index (κ1) is 33.0. The van der Waals surface area contributed by atoms with Gasteiger partial charge in [0, 0.05) is 11.8 Å². The third-order valence-corrected chi connectivity index (χ3v) is 11.2. The van der Waals surface area contributed by atoms with Crippen molar-refractivity contribution >= 4 is 38.8 Å².